The fourth-order valence-electron chi connectivity index (χ4n) is 2.11. The average molecular weight is 399 g/mol. The molecule has 0 spiro atoms. The molecule has 0 bridgehead atoms. The van der Waals surface area contributed by atoms with Crippen LogP contribution in [0, 0.1) is 17.4 Å². The van der Waals surface area contributed by atoms with E-state index in [-0.39, 0.29) is 5.56 Å². The summed E-state index contributed by atoms with van der Waals surface area (Å²) in [5.41, 5.74) is 2.78. The largest absolute Gasteiger partial charge is 0.456 e. The van der Waals surface area contributed by atoms with Crippen LogP contribution in [0.1, 0.15) is 16.8 Å². The summed E-state index contributed by atoms with van der Waals surface area (Å²) >= 11 is 2.02. The maximum Gasteiger partial charge on any atom is 0.265 e. The minimum atomic E-state index is -0.128. The Bertz CT molecular complexity index is 694. The number of aryl methyl sites for hydroxylation is 2. The Labute approximate surface area is 137 Å². The number of H-pyrrole nitrogens is 1. The molecule has 1 N–H and O–H groups in total. The topological polar surface area (TPSA) is 51.3 Å². The van der Waals surface area contributed by atoms with Crippen LogP contribution in [0.5, 0.6) is 11.5 Å². The van der Waals surface area contributed by atoms with Crippen molar-refractivity contribution in [3.8, 4) is 11.5 Å². The van der Waals surface area contributed by atoms with E-state index in [0.717, 1.165) is 22.6 Å². The van der Waals surface area contributed by atoms with Crippen LogP contribution >= 0.6 is 22.6 Å². The molecule has 2 aromatic rings. The molecule has 0 amide bonds. The van der Waals surface area contributed by atoms with E-state index in [0.29, 0.717) is 22.3 Å². The third kappa shape index (κ3) is 3.85. The van der Waals surface area contributed by atoms with Crippen LogP contribution in [-0.2, 0) is 11.2 Å². The van der Waals surface area contributed by atoms with Crippen LogP contribution < -0.4 is 10.3 Å². The van der Waals surface area contributed by atoms with Crippen LogP contribution in [0.3, 0.4) is 0 Å². The van der Waals surface area contributed by atoms with Gasteiger partial charge < -0.3 is 14.5 Å². The molecule has 5 heteroatoms. The van der Waals surface area contributed by atoms with Crippen LogP contribution in [-0.4, -0.2) is 18.7 Å². The highest BCUT2D eigenvalue weighted by Crippen LogP contribution is 2.30. The summed E-state index contributed by atoms with van der Waals surface area (Å²) in [7, 11) is 1.66. The number of rotatable bonds is 5. The maximum atomic E-state index is 12.0. The normalized spacial score (nSPS) is 10.7. The number of nitrogens with one attached hydrogen (secondary N) is 1. The van der Waals surface area contributed by atoms with Crippen molar-refractivity contribution < 1.29 is 9.47 Å². The van der Waals surface area contributed by atoms with E-state index in [1.54, 1.807) is 7.11 Å². The Kier molecular flexibility index (Phi) is 5.41. The first-order valence-corrected chi connectivity index (χ1v) is 7.75. The predicted octanol–water partition coefficient (Wildman–Crippen LogP) is 3.58. The summed E-state index contributed by atoms with van der Waals surface area (Å²) in [5, 5.41) is 0. The molecular formula is C16H18INO3. The number of aromatic amines is 1. The second-order valence-corrected chi connectivity index (χ2v) is 5.94. The summed E-state index contributed by atoms with van der Waals surface area (Å²) in [6.07, 6.45) is 0.691. The van der Waals surface area contributed by atoms with Gasteiger partial charge in [0.1, 0.15) is 9.32 Å². The number of hydrogen-bond acceptors (Lipinski definition) is 3. The number of pyridine rings is 1. The van der Waals surface area contributed by atoms with Crippen LogP contribution in [0.2, 0.25) is 0 Å². The monoisotopic (exact) mass is 399 g/mol. The quantitative estimate of drug-likeness (QED) is 0.783. The highest BCUT2D eigenvalue weighted by Gasteiger charge is 2.16. The Morgan fingerprint density at radius 1 is 1.29 bits per heavy atom. The molecule has 4 nitrogen and oxygen atoms in total. The van der Waals surface area contributed by atoms with Gasteiger partial charge in [0.25, 0.3) is 5.56 Å². The van der Waals surface area contributed by atoms with E-state index < -0.39 is 0 Å². The van der Waals surface area contributed by atoms with Gasteiger partial charge in [0, 0.05) is 24.8 Å². The first kappa shape index (κ1) is 16.0. The van der Waals surface area contributed by atoms with E-state index in [9.17, 15) is 4.79 Å². The van der Waals surface area contributed by atoms with Gasteiger partial charge in [-0.1, -0.05) is 12.1 Å². The molecular weight excluding hydrogens is 381 g/mol. The molecule has 2 rings (SSSR count). The number of aromatic nitrogens is 1. The molecule has 0 aliphatic heterocycles. The summed E-state index contributed by atoms with van der Waals surface area (Å²) in [5.74, 6) is 1.36. The van der Waals surface area contributed by atoms with Gasteiger partial charge in [-0.3, -0.25) is 4.79 Å². The lowest BCUT2D eigenvalue weighted by molar-refractivity contribution is 0.201. The number of methoxy groups -OCH3 is 1. The van der Waals surface area contributed by atoms with E-state index in [1.807, 2.05) is 60.7 Å². The first-order chi connectivity index (χ1) is 10.0. The fraction of sp³-hybridized carbons (Fsp3) is 0.312. The Balaban J connectivity index is 2.47. The van der Waals surface area contributed by atoms with Crippen molar-refractivity contribution in [3.63, 3.8) is 0 Å². The van der Waals surface area contributed by atoms with Crippen LogP contribution in [0.4, 0.5) is 0 Å². The van der Waals surface area contributed by atoms with E-state index in [4.69, 9.17) is 9.47 Å². The van der Waals surface area contributed by atoms with Crippen molar-refractivity contribution in [2.45, 2.75) is 20.3 Å². The lowest BCUT2D eigenvalue weighted by Crippen LogP contribution is -2.16. The fourth-order valence-corrected chi connectivity index (χ4v) is 2.69. The van der Waals surface area contributed by atoms with Gasteiger partial charge in [0.15, 0.2) is 5.75 Å². The minimum Gasteiger partial charge on any atom is -0.456 e. The van der Waals surface area contributed by atoms with Crippen molar-refractivity contribution in [1.29, 1.82) is 0 Å². The third-order valence-corrected chi connectivity index (χ3v) is 4.17. The Morgan fingerprint density at radius 3 is 2.71 bits per heavy atom. The number of ether oxygens (including phenoxy) is 2. The molecule has 0 radical (unpaired) electrons. The van der Waals surface area contributed by atoms with Crippen molar-refractivity contribution in [2.75, 3.05) is 13.7 Å². The second kappa shape index (κ2) is 7.09. The minimum absolute atomic E-state index is 0.128. The number of benzene rings is 1. The summed E-state index contributed by atoms with van der Waals surface area (Å²) in [6, 6.07) is 7.78. The first-order valence-electron chi connectivity index (χ1n) is 6.67. The van der Waals surface area contributed by atoms with Crippen molar-refractivity contribution in [1.82, 2.24) is 4.98 Å². The van der Waals surface area contributed by atoms with Crippen LogP contribution in [0.25, 0.3) is 0 Å². The molecule has 0 fully saturated rings. The average Bonchev–Trinajstić information content (AvgIpc) is 2.44. The Morgan fingerprint density at radius 2 is 2.05 bits per heavy atom. The molecule has 0 unspecified atom stereocenters. The summed E-state index contributed by atoms with van der Waals surface area (Å²) < 4.78 is 11.7. The zero-order valence-electron chi connectivity index (χ0n) is 12.3. The maximum absolute atomic E-state index is 12.0. The van der Waals surface area contributed by atoms with E-state index in [2.05, 4.69) is 4.98 Å². The molecule has 0 saturated heterocycles. The van der Waals surface area contributed by atoms with E-state index >= 15 is 0 Å². The number of hydrogen-bond donors (Lipinski definition) is 1. The van der Waals surface area contributed by atoms with Crippen molar-refractivity contribution in [2.24, 2.45) is 0 Å². The molecule has 0 atom stereocenters. The van der Waals surface area contributed by atoms with E-state index in [1.165, 1.54) is 0 Å². The smallest absolute Gasteiger partial charge is 0.265 e. The third-order valence-electron chi connectivity index (χ3n) is 3.19. The molecule has 1 aromatic heterocycles. The Hall–Kier alpha value is -1.34. The van der Waals surface area contributed by atoms with Crippen molar-refractivity contribution >= 4 is 22.6 Å². The standard InChI is InChI=1S/C16H18INO3/c1-10-5-4-6-12(9-10)21-15-13(7-8-20-3)11(2)18-16(19)14(15)17/h4-6,9H,7-8H2,1-3H3,(H,18,19). The lowest BCUT2D eigenvalue weighted by atomic mass is 10.1. The lowest BCUT2D eigenvalue weighted by Gasteiger charge is -2.15. The van der Waals surface area contributed by atoms with Gasteiger partial charge >= 0.3 is 0 Å². The highest BCUT2D eigenvalue weighted by molar-refractivity contribution is 14.1. The zero-order chi connectivity index (χ0) is 15.4. The molecule has 1 aromatic carbocycles. The molecule has 0 aliphatic carbocycles. The van der Waals surface area contributed by atoms with Gasteiger partial charge in [-0.15, -0.1) is 0 Å². The van der Waals surface area contributed by atoms with Crippen molar-refractivity contribution in [3.05, 3.63) is 55.0 Å². The number of halogens is 1. The molecule has 21 heavy (non-hydrogen) atoms. The zero-order valence-corrected chi connectivity index (χ0v) is 14.5. The van der Waals surface area contributed by atoms with Gasteiger partial charge in [-0.2, -0.15) is 0 Å². The second-order valence-electron chi connectivity index (χ2n) is 4.86. The van der Waals surface area contributed by atoms with Gasteiger partial charge in [0.2, 0.25) is 0 Å². The molecule has 0 aliphatic rings. The van der Waals surface area contributed by atoms with Crippen LogP contribution in [0.15, 0.2) is 29.1 Å². The highest BCUT2D eigenvalue weighted by atomic mass is 127. The molecule has 112 valence electrons. The van der Waals surface area contributed by atoms with Gasteiger partial charge in [-0.25, -0.2) is 0 Å². The van der Waals surface area contributed by atoms with Gasteiger partial charge in [-0.05, 0) is 54.1 Å². The SMILES string of the molecule is COCCc1c(C)[nH]c(=O)c(I)c1Oc1cccc(C)c1. The molecule has 1 heterocycles. The predicted molar refractivity (Wildman–Crippen MR) is 91.3 cm³/mol. The summed E-state index contributed by atoms with van der Waals surface area (Å²) in [4.78, 5) is 14.8. The summed E-state index contributed by atoms with van der Waals surface area (Å²) in [6.45, 7) is 4.46. The molecule has 0 saturated carbocycles. The van der Waals surface area contributed by atoms with Gasteiger partial charge in [0.05, 0.1) is 6.61 Å².